The molecular formula is C24H43N5O2. The predicted molar refractivity (Wildman–Crippen MR) is 124 cm³/mol. The Morgan fingerprint density at radius 3 is 2.48 bits per heavy atom. The van der Waals surface area contributed by atoms with Crippen molar-refractivity contribution < 1.29 is 9.53 Å². The lowest BCUT2D eigenvalue weighted by atomic mass is 9.73. The molecule has 2 aliphatic carbocycles. The molecule has 1 atom stereocenters. The third-order valence-corrected chi connectivity index (χ3v) is 7.98. The number of ether oxygens (including phenoxy) is 1. The number of morpholine rings is 1. The summed E-state index contributed by atoms with van der Waals surface area (Å²) in [5.41, 5.74) is 0.327. The van der Waals surface area contributed by atoms with Crippen LogP contribution in [0.4, 0.5) is 0 Å². The van der Waals surface area contributed by atoms with E-state index in [9.17, 15) is 4.79 Å². The van der Waals surface area contributed by atoms with Crippen LogP contribution in [-0.2, 0) is 9.53 Å². The highest BCUT2D eigenvalue weighted by Crippen LogP contribution is 2.37. The van der Waals surface area contributed by atoms with Gasteiger partial charge in [0.25, 0.3) is 0 Å². The Balaban J connectivity index is 1.27. The molecule has 4 fully saturated rings. The average molecular weight is 434 g/mol. The molecular weight excluding hydrogens is 390 g/mol. The minimum atomic E-state index is 0.280. The lowest BCUT2D eigenvalue weighted by molar-refractivity contribution is -0.134. The van der Waals surface area contributed by atoms with Gasteiger partial charge in [0.1, 0.15) is 0 Å². The number of hydrogen-bond acceptors (Lipinski definition) is 4. The highest BCUT2D eigenvalue weighted by Gasteiger charge is 2.35. The molecule has 0 bridgehead atoms. The maximum absolute atomic E-state index is 12.8. The fourth-order valence-corrected chi connectivity index (χ4v) is 6.09. The van der Waals surface area contributed by atoms with Crippen LogP contribution in [0.25, 0.3) is 0 Å². The first-order valence-corrected chi connectivity index (χ1v) is 12.7. The van der Waals surface area contributed by atoms with Crippen molar-refractivity contribution in [3.63, 3.8) is 0 Å². The van der Waals surface area contributed by atoms with Gasteiger partial charge in [-0.15, -0.1) is 0 Å². The largest absolute Gasteiger partial charge is 0.379 e. The average Bonchev–Trinajstić information content (AvgIpc) is 3.50. The van der Waals surface area contributed by atoms with Gasteiger partial charge in [0.15, 0.2) is 5.96 Å². The van der Waals surface area contributed by atoms with E-state index < -0.39 is 0 Å². The first-order chi connectivity index (χ1) is 15.2. The Kier molecular flexibility index (Phi) is 8.10. The summed E-state index contributed by atoms with van der Waals surface area (Å²) in [7, 11) is 1.86. The van der Waals surface area contributed by atoms with Gasteiger partial charge in [-0.05, 0) is 32.1 Å². The van der Waals surface area contributed by atoms with Gasteiger partial charge in [0.05, 0.1) is 13.2 Å². The number of carbonyl (C=O) groups excluding carboxylic acids is 1. The van der Waals surface area contributed by atoms with Crippen LogP contribution >= 0.6 is 0 Å². The van der Waals surface area contributed by atoms with E-state index in [-0.39, 0.29) is 5.92 Å². The van der Waals surface area contributed by atoms with E-state index in [1.807, 2.05) is 7.05 Å². The van der Waals surface area contributed by atoms with Crippen molar-refractivity contribution in [3.8, 4) is 0 Å². The highest BCUT2D eigenvalue weighted by molar-refractivity contribution is 5.81. The molecule has 2 N–H and O–H groups in total. The van der Waals surface area contributed by atoms with Gasteiger partial charge >= 0.3 is 0 Å². The second-order valence-electron chi connectivity index (χ2n) is 10.3. The maximum atomic E-state index is 12.8. The second kappa shape index (κ2) is 11.0. The molecule has 4 aliphatic rings. The number of nitrogens with one attached hydrogen (secondary N) is 2. The van der Waals surface area contributed by atoms with Crippen LogP contribution in [0.5, 0.6) is 0 Å². The molecule has 0 aromatic carbocycles. The number of nitrogens with zero attached hydrogens (tertiary/aromatic N) is 3. The van der Waals surface area contributed by atoms with Crippen LogP contribution in [-0.4, -0.2) is 87.2 Å². The Morgan fingerprint density at radius 1 is 1.03 bits per heavy atom. The summed E-state index contributed by atoms with van der Waals surface area (Å²) in [6.45, 7) is 7.67. The molecule has 2 saturated heterocycles. The zero-order valence-electron chi connectivity index (χ0n) is 19.5. The molecule has 0 aromatic rings. The molecule has 0 radical (unpaired) electrons. The zero-order chi connectivity index (χ0) is 21.5. The van der Waals surface area contributed by atoms with Gasteiger partial charge in [0.2, 0.25) is 5.91 Å². The number of aliphatic imine (C=N–C) groups is 1. The SMILES string of the molecule is CN=C(NCC1(CN2CCOCC2)CCCCC1)NC1CCN(C(=O)C2CCCC2)C1. The molecule has 1 unspecified atom stereocenters. The van der Waals surface area contributed by atoms with Gasteiger partial charge in [-0.1, -0.05) is 32.1 Å². The standard InChI is InChI=1S/C24H43N5O2/c1-25-23(27-21-9-12-29(17-21)22(30)20-7-3-4-8-20)26-18-24(10-5-2-6-11-24)19-28-13-15-31-16-14-28/h20-21H,2-19H2,1H3,(H2,25,26,27). The third kappa shape index (κ3) is 6.13. The third-order valence-electron chi connectivity index (χ3n) is 7.98. The van der Waals surface area contributed by atoms with Crippen molar-refractivity contribution >= 4 is 11.9 Å². The number of likely N-dealkylation sites (tertiary alicyclic amines) is 1. The van der Waals surface area contributed by atoms with E-state index in [0.717, 1.165) is 77.7 Å². The van der Waals surface area contributed by atoms with Gasteiger partial charge in [-0.2, -0.15) is 0 Å². The second-order valence-corrected chi connectivity index (χ2v) is 10.3. The van der Waals surface area contributed by atoms with Crippen LogP contribution in [0, 0.1) is 11.3 Å². The van der Waals surface area contributed by atoms with Crippen molar-refractivity contribution in [1.82, 2.24) is 20.4 Å². The fraction of sp³-hybridized carbons (Fsp3) is 0.917. The molecule has 7 nitrogen and oxygen atoms in total. The summed E-state index contributed by atoms with van der Waals surface area (Å²) in [6, 6.07) is 0.304. The highest BCUT2D eigenvalue weighted by atomic mass is 16.5. The van der Waals surface area contributed by atoms with Crippen molar-refractivity contribution in [1.29, 1.82) is 0 Å². The van der Waals surface area contributed by atoms with E-state index in [2.05, 4.69) is 25.4 Å². The minimum Gasteiger partial charge on any atom is -0.379 e. The fourth-order valence-electron chi connectivity index (χ4n) is 6.09. The first kappa shape index (κ1) is 22.8. The summed E-state index contributed by atoms with van der Waals surface area (Å²) >= 11 is 0. The van der Waals surface area contributed by atoms with E-state index in [1.165, 1.54) is 44.9 Å². The van der Waals surface area contributed by atoms with Gasteiger partial charge in [-0.3, -0.25) is 14.7 Å². The molecule has 0 aromatic heterocycles. The number of guanidine groups is 1. The van der Waals surface area contributed by atoms with Crippen molar-refractivity contribution in [3.05, 3.63) is 0 Å². The summed E-state index contributed by atoms with van der Waals surface area (Å²) in [6.07, 6.45) is 12.2. The predicted octanol–water partition coefficient (Wildman–Crippen LogP) is 2.23. The number of hydrogen-bond donors (Lipinski definition) is 2. The van der Waals surface area contributed by atoms with Gasteiger partial charge < -0.3 is 20.3 Å². The van der Waals surface area contributed by atoms with Crippen LogP contribution in [0.1, 0.15) is 64.2 Å². The van der Waals surface area contributed by atoms with E-state index >= 15 is 0 Å². The molecule has 2 saturated carbocycles. The maximum Gasteiger partial charge on any atom is 0.225 e. The summed E-state index contributed by atoms with van der Waals surface area (Å²) in [5.74, 6) is 1.56. The molecule has 31 heavy (non-hydrogen) atoms. The van der Waals surface area contributed by atoms with Crippen molar-refractivity contribution in [2.24, 2.45) is 16.3 Å². The number of amides is 1. The molecule has 1 amide bonds. The van der Waals surface area contributed by atoms with Crippen molar-refractivity contribution in [2.45, 2.75) is 70.3 Å². The molecule has 176 valence electrons. The molecule has 7 heteroatoms. The normalized spacial score (nSPS) is 28.1. The Hall–Kier alpha value is -1.34. The quantitative estimate of drug-likeness (QED) is 0.497. The van der Waals surface area contributed by atoms with Gasteiger partial charge in [-0.25, -0.2) is 0 Å². The molecule has 4 rings (SSSR count). The topological polar surface area (TPSA) is 69.2 Å². The smallest absolute Gasteiger partial charge is 0.225 e. The van der Waals surface area contributed by atoms with E-state index in [0.29, 0.717) is 17.4 Å². The number of rotatable bonds is 6. The van der Waals surface area contributed by atoms with E-state index in [4.69, 9.17) is 4.74 Å². The monoisotopic (exact) mass is 433 g/mol. The summed E-state index contributed by atoms with van der Waals surface area (Å²) in [4.78, 5) is 21.9. The Labute approximate surface area is 188 Å². The first-order valence-electron chi connectivity index (χ1n) is 12.7. The minimum absolute atomic E-state index is 0.280. The van der Waals surface area contributed by atoms with E-state index in [1.54, 1.807) is 0 Å². The van der Waals surface area contributed by atoms with Crippen molar-refractivity contribution in [2.75, 3.05) is 59.5 Å². The summed E-state index contributed by atoms with van der Waals surface area (Å²) in [5, 5.41) is 7.29. The molecule has 0 spiro atoms. The van der Waals surface area contributed by atoms with Gasteiger partial charge in [0, 0.05) is 63.7 Å². The molecule has 2 heterocycles. The molecule has 2 aliphatic heterocycles. The Bertz CT molecular complexity index is 607. The summed E-state index contributed by atoms with van der Waals surface area (Å²) < 4.78 is 5.56. The lowest BCUT2D eigenvalue weighted by Crippen LogP contribution is -2.52. The van der Waals surface area contributed by atoms with Crippen LogP contribution < -0.4 is 10.6 Å². The van der Waals surface area contributed by atoms with Crippen LogP contribution in [0.3, 0.4) is 0 Å². The Morgan fingerprint density at radius 2 is 1.77 bits per heavy atom. The van der Waals surface area contributed by atoms with Crippen LogP contribution in [0.15, 0.2) is 4.99 Å². The number of carbonyl (C=O) groups is 1. The lowest BCUT2D eigenvalue weighted by Gasteiger charge is -2.42. The zero-order valence-corrected chi connectivity index (χ0v) is 19.5. The van der Waals surface area contributed by atoms with Crippen LogP contribution in [0.2, 0.25) is 0 Å².